The van der Waals surface area contributed by atoms with Crippen LogP contribution in [0.4, 0.5) is 0 Å². The Kier molecular flexibility index (Phi) is 4.22. The van der Waals surface area contributed by atoms with Crippen LogP contribution >= 0.6 is 0 Å². The first-order valence-electron chi connectivity index (χ1n) is 6.78. The molecule has 1 aromatic heterocycles. The highest BCUT2D eigenvalue weighted by Crippen LogP contribution is 2.18. The monoisotopic (exact) mass is 278 g/mol. The van der Waals surface area contributed by atoms with Crippen molar-refractivity contribution in [3.05, 3.63) is 33.2 Å². The lowest BCUT2D eigenvalue weighted by Gasteiger charge is -2.11. The molecule has 0 radical (unpaired) electrons. The standard InChI is InChI=1S/C14H18N2O4/c1-8(14(19)20)15-12(17)10-7-9-5-3-2-4-6-11(9)16-13(10)18/h7-8H,2-6H2,1H3,(H,15,17)(H,16,18)(H,19,20)/t8-/m0/s1. The van der Waals surface area contributed by atoms with Crippen molar-refractivity contribution in [3.63, 3.8) is 0 Å². The molecule has 108 valence electrons. The summed E-state index contributed by atoms with van der Waals surface area (Å²) in [7, 11) is 0. The van der Waals surface area contributed by atoms with E-state index in [4.69, 9.17) is 5.11 Å². The normalized spacial score (nSPS) is 15.8. The van der Waals surface area contributed by atoms with E-state index in [0.717, 1.165) is 43.4 Å². The van der Waals surface area contributed by atoms with Crippen LogP contribution in [-0.2, 0) is 17.6 Å². The van der Waals surface area contributed by atoms with Crippen LogP contribution in [0.3, 0.4) is 0 Å². The molecule has 6 heteroatoms. The summed E-state index contributed by atoms with van der Waals surface area (Å²) in [6.45, 7) is 1.36. The number of carbonyl (C=O) groups is 2. The molecule has 1 amide bonds. The van der Waals surface area contributed by atoms with Gasteiger partial charge in [-0.15, -0.1) is 0 Å². The third-order valence-corrected chi connectivity index (χ3v) is 3.55. The van der Waals surface area contributed by atoms with Crippen LogP contribution in [0.25, 0.3) is 0 Å². The molecule has 1 atom stereocenters. The van der Waals surface area contributed by atoms with Crippen molar-refractivity contribution in [3.8, 4) is 0 Å². The van der Waals surface area contributed by atoms with E-state index in [2.05, 4.69) is 10.3 Å². The fourth-order valence-corrected chi connectivity index (χ4v) is 2.36. The van der Waals surface area contributed by atoms with Crippen LogP contribution in [-0.4, -0.2) is 28.0 Å². The van der Waals surface area contributed by atoms with E-state index in [1.165, 1.54) is 6.92 Å². The average Bonchev–Trinajstić information content (AvgIpc) is 2.62. The van der Waals surface area contributed by atoms with Crippen molar-refractivity contribution in [2.45, 2.75) is 45.1 Å². The molecule has 20 heavy (non-hydrogen) atoms. The second-order valence-corrected chi connectivity index (χ2v) is 5.11. The highest BCUT2D eigenvalue weighted by Gasteiger charge is 2.20. The lowest BCUT2D eigenvalue weighted by Crippen LogP contribution is -2.40. The average molecular weight is 278 g/mol. The van der Waals surface area contributed by atoms with Crippen molar-refractivity contribution in [1.29, 1.82) is 0 Å². The van der Waals surface area contributed by atoms with Gasteiger partial charge in [-0.1, -0.05) is 6.42 Å². The van der Waals surface area contributed by atoms with Gasteiger partial charge < -0.3 is 15.4 Å². The first-order valence-corrected chi connectivity index (χ1v) is 6.78. The molecular weight excluding hydrogens is 260 g/mol. The van der Waals surface area contributed by atoms with Gasteiger partial charge in [0.1, 0.15) is 11.6 Å². The highest BCUT2D eigenvalue weighted by molar-refractivity contribution is 5.96. The summed E-state index contributed by atoms with van der Waals surface area (Å²) in [6.07, 6.45) is 4.82. The number of fused-ring (bicyclic) bond motifs is 1. The number of nitrogens with one attached hydrogen (secondary N) is 2. The van der Waals surface area contributed by atoms with Gasteiger partial charge >= 0.3 is 5.97 Å². The van der Waals surface area contributed by atoms with E-state index >= 15 is 0 Å². The number of amides is 1. The fraction of sp³-hybridized carbons (Fsp3) is 0.500. The summed E-state index contributed by atoms with van der Waals surface area (Å²) >= 11 is 0. The van der Waals surface area contributed by atoms with Crippen molar-refractivity contribution in [2.75, 3.05) is 0 Å². The summed E-state index contributed by atoms with van der Waals surface area (Å²) in [6, 6.07) is 0.573. The summed E-state index contributed by atoms with van der Waals surface area (Å²) in [5.41, 5.74) is 1.41. The van der Waals surface area contributed by atoms with Crippen LogP contribution < -0.4 is 10.9 Å². The van der Waals surface area contributed by atoms with Gasteiger partial charge in [0.25, 0.3) is 11.5 Å². The zero-order chi connectivity index (χ0) is 14.7. The smallest absolute Gasteiger partial charge is 0.325 e. The van der Waals surface area contributed by atoms with Crippen molar-refractivity contribution in [2.24, 2.45) is 0 Å². The van der Waals surface area contributed by atoms with Gasteiger partial charge in [-0.2, -0.15) is 0 Å². The molecule has 0 unspecified atom stereocenters. The molecule has 6 nitrogen and oxygen atoms in total. The van der Waals surface area contributed by atoms with Crippen molar-refractivity contribution >= 4 is 11.9 Å². The van der Waals surface area contributed by atoms with Gasteiger partial charge in [0, 0.05) is 5.69 Å². The second-order valence-electron chi connectivity index (χ2n) is 5.11. The zero-order valence-electron chi connectivity index (χ0n) is 11.4. The van der Waals surface area contributed by atoms with Gasteiger partial charge in [0.2, 0.25) is 0 Å². The van der Waals surface area contributed by atoms with Crippen molar-refractivity contribution in [1.82, 2.24) is 10.3 Å². The Morgan fingerprint density at radius 3 is 2.70 bits per heavy atom. The highest BCUT2D eigenvalue weighted by atomic mass is 16.4. The van der Waals surface area contributed by atoms with Crippen LogP contribution in [0.15, 0.2) is 10.9 Å². The number of aryl methyl sites for hydroxylation is 2. The number of H-pyrrole nitrogens is 1. The molecule has 1 aliphatic carbocycles. The minimum Gasteiger partial charge on any atom is -0.480 e. The van der Waals surface area contributed by atoms with E-state index in [1.54, 1.807) is 6.07 Å². The largest absolute Gasteiger partial charge is 0.480 e. The number of rotatable bonds is 3. The quantitative estimate of drug-likeness (QED) is 0.714. The van der Waals surface area contributed by atoms with E-state index in [-0.39, 0.29) is 5.56 Å². The molecule has 0 fully saturated rings. The summed E-state index contributed by atoms with van der Waals surface area (Å²) < 4.78 is 0. The number of hydrogen-bond donors (Lipinski definition) is 3. The number of aromatic amines is 1. The molecule has 3 N–H and O–H groups in total. The lowest BCUT2D eigenvalue weighted by atomic mass is 10.1. The predicted octanol–water partition coefficient (Wildman–Crippen LogP) is 0.847. The Morgan fingerprint density at radius 2 is 2.00 bits per heavy atom. The number of carboxylic acid groups (broad SMARTS) is 1. The predicted molar refractivity (Wildman–Crippen MR) is 72.9 cm³/mol. The summed E-state index contributed by atoms with van der Waals surface area (Å²) in [5.74, 6) is -1.78. The Balaban J connectivity index is 2.28. The van der Waals surface area contributed by atoms with Gasteiger partial charge in [0.05, 0.1) is 0 Å². The van der Waals surface area contributed by atoms with Crippen molar-refractivity contribution < 1.29 is 14.7 Å². The van der Waals surface area contributed by atoms with Crippen LogP contribution in [0.2, 0.25) is 0 Å². The number of hydrogen-bond acceptors (Lipinski definition) is 3. The van der Waals surface area contributed by atoms with E-state index in [0.29, 0.717) is 0 Å². The SMILES string of the molecule is C[C@H](NC(=O)c1cc2c([nH]c1=O)CCCCC2)C(=O)O. The maximum absolute atomic E-state index is 12.0. The maximum Gasteiger partial charge on any atom is 0.325 e. The number of aliphatic carboxylic acids is 1. The van der Waals surface area contributed by atoms with E-state index in [1.807, 2.05) is 0 Å². The van der Waals surface area contributed by atoms with Gasteiger partial charge in [0.15, 0.2) is 0 Å². The molecule has 2 rings (SSSR count). The molecular formula is C14H18N2O4. The molecule has 0 saturated carbocycles. The van der Waals surface area contributed by atoms with Crippen LogP contribution in [0.1, 0.15) is 47.8 Å². The van der Waals surface area contributed by atoms with Gasteiger partial charge in [-0.3, -0.25) is 14.4 Å². The first-order chi connectivity index (χ1) is 9.49. The fourth-order valence-electron chi connectivity index (χ4n) is 2.36. The molecule has 0 bridgehead atoms. The molecule has 1 aliphatic rings. The number of carbonyl (C=O) groups excluding carboxylic acids is 1. The zero-order valence-corrected chi connectivity index (χ0v) is 11.4. The Hall–Kier alpha value is -2.11. The molecule has 1 heterocycles. The molecule has 0 spiro atoms. The minimum atomic E-state index is -1.13. The molecule has 1 aromatic rings. The summed E-state index contributed by atoms with van der Waals surface area (Å²) in [5, 5.41) is 11.1. The third-order valence-electron chi connectivity index (χ3n) is 3.55. The van der Waals surface area contributed by atoms with E-state index < -0.39 is 23.5 Å². The van der Waals surface area contributed by atoms with Crippen LogP contribution in [0, 0.1) is 0 Å². The Labute approximate surface area is 116 Å². The second kappa shape index (κ2) is 5.90. The molecule has 0 saturated heterocycles. The van der Waals surface area contributed by atoms with Crippen LogP contribution in [0.5, 0.6) is 0 Å². The molecule has 0 aliphatic heterocycles. The Morgan fingerprint density at radius 1 is 1.30 bits per heavy atom. The first kappa shape index (κ1) is 14.3. The molecule has 0 aromatic carbocycles. The lowest BCUT2D eigenvalue weighted by molar-refractivity contribution is -0.138. The Bertz CT molecular complexity index is 591. The van der Waals surface area contributed by atoms with Gasteiger partial charge in [-0.25, -0.2) is 0 Å². The third kappa shape index (κ3) is 3.07. The topological polar surface area (TPSA) is 99.3 Å². The maximum atomic E-state index is 12.0. The minimum absolute atomic E-state index is 0.0150. The van der Waals surface area contributed by atoms with Gasteiger partial charge in [-0.05, 0) is 44.2 Å². The summed E-state index contributed by atoms with van der Waals surface area (Å²) in [4.78, 5) is 37.4. The van der Waals surface area contributed by atoms with E-state index in [9.17, 15) is 14.4 Å². The number of aromatic nitrogens is 1. The number of pyridine rings is 1. The number of carboxylic acids is 1.